The molecule has 0 spiro atoms. The van der Waals surface area contributed by atoms with Crippen LogP contribution in [0.5, 0.6) is 0 Å². The lowest BCUT2D eigenvalue weighted by atomic mass is 10.1. The van der Waals surface area contributed by atoms with E-state index in [9.17, 15) is 5.11 Å². The van der Waals surface area contributed by atoms with Gasteiger partial charge in [0.05, 0.1) is 24.9 Å². The molecule has 4 nitrogen and oxygen atoms in total. The molecule has 4 heteroatoms. The number of anilines is 1. The van der Waals surface area contributed by atoms with Gasteiger partial charge in [0.1, 0.15) is 5.82 Å². The molecule has 3 unspecified atom stereocenters. The van der Waals surface area contributed by atoms with E-state index < -0.39 is 6.10 Å². The SMILES string of the molecule is CC(O)c1ccc(N2CCOC3CCCC32)nc1. The maximum Gasteiger partial charge on any atom is 0.128 e. The summed E-state index contributed by atoms with van der Waals surface area (Å²) >= 11 is 0. The van der Waals surface area contributed by atoms with Gasteiger partial charge in [-0.25, -0.2) is 4.98 Å². The largest absolute Gasteiger partial charge is 0.389 e. The van der Waals surface area contributed by atoms with E-state index in [0.717, 1.165) is 24.5 Å². The van der Waals surface area contributed by atoms with Crippen LogP contribution in [0.1, 0.15) is 37.9 Å². The Hall–Kier alpha value is -1.13. The Kier molecular flexibility index (Phi) is 3.22. The topological polar surface area (TPSA) is 45.6 Å². The maximum absolute atomic E-state index is 9.50. The van der Waals surface area contributed by atoms with Crippen LogP contribution >= 0.6 is 0 Å². The number of pyridine rings is 1. The first-order valence-corrected chi connectivity index (χ1v) is 6.78. The van der Waals surface area contributed by atoms with Crippen LogP contribution < -0.4 is 4.90 Å². The fourth-order valence-corrected chi connectivity index (χ4v) is 3.02. The molecule has 1 N–H and O–H groups in total. The smallest absolute Gasteiger partial charge is 0.128 e. The number of rotatable bonds is 2. The summed E-state index contributed by atoms with van der Waals surface area (Å²) in [4.78, 5) is 6.86. The first-order valence-electron chi connectivity index (χ1n) is 6.78. The van der Waals surface area contributed by atoms with E-state index in [1.807, 2.05) is 12.1 Å². The molecule has 18 heavy (non-hydrogen) atoms. The van der Waals surface area contributed by atoms with Gasteiger partial charge in [-0.2, -0.15) is 0 Å². The first-order chi connectivity index (χ1) is 8.75. The van der Waals surface area contributed by atoms with E-state index in [4.69, 9.17) is 4.74 Å². The van der Waals surface area contributed by atoms with Crippen LogP contribution in [0.15, 0.2) is 18.3 Å². The number of morpholine rings is 1. The second kappa shape index (κ2) is 4.86. The predicted molar refractivity (Wildman–Crippen MR) is 69.6 cm³/mol. The highest BCUT2D eigenvalue weighted by Crippen LogP contribution is 2.32. The minimum atomic E-state index is -0.449. The van der Waals surface area contributed by atoms with E-state index >= 15 is 0 Å². The third-order valence-corrected chi connectivity index (χ3v) is 4.03. The van der Waals surface area contributed by atoms with Gasteiger partial charge < -0.3 is 14.7 Å². The normalized spacial score (nSPS) is 29.1. The number of aliphatic hydroxyl groups excluding tert-OH is 1. The molecular weight excluding hydrogens is 228 g/mol. The van der Waals surface area contributed by atoms with Crippen molar-refractivity contribution in [3.63, 3.8) is 0 Å². The molecule has 1 saturated heterocycles. The molecule has 2 aliphatic rings. The molecule has 0 radical (unpaired) electrons. The van der Waals surface area contributed by atoms with Gasteiger partial charge in [0.15, 0.2) is 0 Å². The van der Waals surface area contributed by atoms with Crippen molar-refractivity contribution >= 4 is 5.82 Å². The summed E-state index contributed by atoms with van der Waals surface area (Å²) in [6.45, 7) is 3.47. The Morgan fingerprint density at radius 1 is 1.44 bits per heavy atom. The second-order valence-corrected chi connectivity index (χ2v) is 5.23. The van der Waals surface area contributed by atoms with Gasteiger partial charge in [-0.05, 0) is 37.8 Å². The average Bonchev–Trinajstić information content (AvgIpc) is 2.87. The monoisotopic (exact) mass is 248 g/mol. The number of nitrogens with zero attached hydrogens (tertiary/aromatic N) is 2. The summed E-state index contributed by atoms with van der Waals surface area (Å²) in [5.41, 5.74) is 0.870. The van der Waals surface area contributed by atoms with Gasteiger partial charge in [0.25, 0.3) is 0 Å². The molecule has 0 aromatic carbocycles. The van der Waals surface area contributed by atoms with Crippen molar-refractivity contribution in [3.05, 3.63) is 23.9 Å². The number of hydrogen-bond acceptors (Lipinski definition) is 4. The maximum atomic E-state index is 9.50. The number of aliphatic hydroxyl groups is 1. The molecule has 3 atom stereocenters. The number of hydrogen-bond donors (Lipinski definition) is 1. The minimum absolute atomic E-state index is 0.386. The van der Waals surface area contributed by atoms with Crippen LogP contribution in [0.4, 0.5) is 5.82 Å². The minimum Gasteiger partial charge on any atom is -0.389 e. The molecule has 1 aromatic heterocycles. The van der Waals surface area contributed by atoms with E-state index in [0.29, 0.717) is 12.1 Å². The van der Waals surface area contributed by atoms with Gasteiger partial charge in [0.2, 0.25) is 0 Å². The summed E-state index contributed by atoms with van der Waals surface area (Å²) in [5, 5.41) is 9.50. The lowest BCUT2D eigenvalue weighted by Crippen LogP contribution is -2.49. The van der Waals surface area contributed by atoms with Crippen LogP contribution in [0.2, 0.25) is 0 Å². The van der Waals surface area contributed by atoms with Crippen LogP contribution in [0, 0.1) is 0 Å². The van der Waals surface area contributed by atoms with Crippen molar-refractivity contribution in [2.45, 2.75) is 44.4 Å². The number of fused-ring (bicyclic) bond motifs is 1. The van der Waals surface area contributed by atoms with E-state index in [2.05, 4.69) is 9.88 Å². The number of ether oxygens (including phenoxy) is 1. The van der Waals surface area contributed by atoms with Crippen LogP contribution in [0.3, 0.4) is 0 Å². The molecule has 2 fully saturated rings. The zero-order valence-corrected chi connectivity index (χ0v) is 10.7. The Morgan fingerprint density at radius 2 is 2.33 bits per heavy atom. The van der Waals surface area contributed by atoms with Crippen molar-refractivity contribution in [2.24, 2.45) is 0 Å². The highest BCUT2D eigenvalue weighted by Gasteiger charge is 2.36. The Bertz CT molecular complexity index is 405. The van der Waals surface area contributed by atoms with Gasteiger partial charge >= 0.3 is 0 Å². The van der Waals surface area contributed by atoms with Gasteiger partial charge in [-0.1, -0.05) is 6.07 Å². The third kappa shape index (κ3) is 2.10. The lowest BCUT2D eigenvalue weighted by Gasteiger charge is -2.38. The fourth-order valence-electron chi connectivity index (χ4n) is 3.02. The standard InChI is InChI=1S/C14H20N2O2/c1-10(17)11-5-6-14(15-9-11)16-7-8-18-13-4-2-3-12(13)16/h5-6,9-10,12-13,17H,2-4,7-8H2,1H3. The average molecular weight is 248 g/mol. The van der Waals surface area contributed by atoms with Gasteiger partial charge in [-0.3, -0.25) is 0 Å². The van der Waals surface area contributed by atoms with E-state index in [1.165, 1.54) is 19.3 Å². The summed E-state index contributed by atoms with van der Waals surface area (Å²) in [6.07, 6.45) is 5.33. The molecule has 1 saturated carbocycles. The zero-order valence-electron chi connectivity index (χ0n) is 10.7. The van der Waals surface area contributed by atoms with Crippen molar-refractivity contribution < 1.29 is 9.84 Å². The molecule has 1 aromatic rings. The highest BCUT2D eigenvalue weighted by molar-refractivity contribution is 5.42. The quantitative estimate of drug-likeness (QED) is 0.868. The zero-order chi connectivity index (χ0) is 12.5. The summed E-state index contributed by atoms with van der Waals surface area (Å²) in [5.74, 6) is 1.01. The fraction of sp³-hybridized carbons (Fsp3) is 0.643. The lowest BCUT2D eigenvalue weighted by molar-refractivity contribution is 0.0253. The van der Waals surface area contributed by atoms with Crippen LogP contribution in [-0.2, 0) is 4.74 Å². The summed E-state index contributed by atoms with van der Waals surface area (Å²) in [7, 11) is 0. The van der Waals surface area contributed by atoms with Gasteiger partial charge in [-0.15, -0.1) is 0 Å². The summed E-state index contributed by atoms with van der Waals surface area (Å²) in [6, 6.07) is 4.47. The summed E-state index contributed by atoms with van der Waals surface area (Å²) < 4.78 is 5.81. The molecule has 98 valence electrons. The molecule has 3 rings (SSSR count). The van der Waals surface area contributed by atoms with Crippen molar-refractivity contribution in [1.82, 2.24) is 4.98 Å². The molecule has 2 heterocycles. The molecule has 1 aliphatic heterocycles. The number of aromatic nitrogens is 1. The second-order valence-electron chi connectivity index (χ2n) is 5.23. The van der Waals surface area contributed by atoms with Crippen LogP contribution in [-0.4, -0.2) is 35.4 Å². The Labute approximate surface area is 108 Å². The third-order valence-electron chi connectivity index (χ3n) is 4.03. The highest BCUT2D eigenvalue weighted by atomic mass is 16.5. The van der Waals surface area contributed by atoms with E-state index in [1.54, 1.807) is 13.1 Å². The molecule has 0 bridgehead atoms. The predicted octanol–water partition coefficient (Wildman–Crippen LogP) is 1.89. The Balaban J connectivity index is 1.80. The van der Waals surface area contributed by atoms with E-state index in [-0.39, 0.29) is 0 Å². The first kappa shape index (κ1) is 11.9. The van der Waals surface area contributed by atoms with Gasteiger partial charge in [0, 0.05) is 12.7 Å². The Morgan fingerprint density at radius 3 is 3.06 bits per heavy atom. The molecule has 1 aliphatic carbocycles. The molecule has 0 amide bonds. The molecular formula is C14H20N2O2. The van der Waals surface area contributed by atoms with Crippen molar-refractivity contribution in [1.29, 1.82) is 0 Å². The van der Waals surface area contributed by atoms with Crippen LogP contribution in [0.25, 0.3) is 0 Å². The van der Waals surface area contributed by atoms with Crippen molar-refractivity contribution in [3.8, 4) is 0 Å². The van der Waals surface area contributed by atoms with Crippen molar-refractivity contribution in [2.75, 3.05) is 18.1 Å².